The highest BCUT2D eigenvalue weighted by molar-refractivity contribution is 7.12. The lowest BCUT2D eigenvalue weighted by molar-refractivity contribution is 0.0928. The second kappa shape index (κ2) is 4.90. The van der Waals surface area contributed by atoms with Gasteiger partial charge in [0.2, 0.25) is 0 Å². The van der Waals surface area contributed by atoms with E-state index in [9.17, 15) is 4.79 Å². The number of hydrogen-bond acceptors (Lipinski definition) is 4. The lowest BCUT2D eigenvalue weighted by atomic mass is 9.97. The Kier molecular flexibility index (Phi) is 3.22. The van der Waals surface area contributed by atoms with Crippen LogP contribution in [-0.2, 0) is 12.8 Å². The van der Waals surface area contributed by atoms with E-state index in [1.807, 2.05) is 13.8 Å². The number of carbonyl (C=O) groups is 1. The molecule has 1 N–H and O–H groups in total. The van der Waals surface area contributed by atoms with Crippen molar-refractivity contribution in [2.75, 3.05) is 6.54 Å². The maximum absolute atomic E-state index is 12.1. The molecule has 0 saturated carbocycles. The molecule has 0 aliphatic heterocycles. The normalized spacial score (nSPS) is 12.7. The lowest BCUT2D eigenvalue weighted by Crippen LogP contribution is -2.23. The molecule has 0 atom stereocenters. The maximum atomic E-state index is 12.1. The van der Waals surface area contributed by atoms with Crippen molar-refractivity contribution in [2.45, 2.75) is 26.7 Å². The Balaban J connectivity index is 2.05. The Morgan fingerprint density at radius 3 is 3.05 bits per heavy atom. The van der Waals surface area contributed by atoms with Gasteiger partial charge < -0.3 is 9.73 Å². The minimum Gasteiger partial charge on any atom is -0.455 e. The summed E-state index contributed by atoms with van der Waals surface area (Å²) in [7, 11) is 0. The third kappa shape index (κ3) is 1.98. The van der Waals surface area contributed by atoms with Crippen LogP contribution in [-0.4, -0.2) is 17.4 Å². The van der Waals surface area contributed by atoms with Gasteiger partial charge in [0, 0.05) is 29.0 Å². The molecule has 0 saturated heterocycles. The molecule has 1 aliphatic carbocycles. The quantitative estimate of drug-likeness (QED) is 0.883. The van der Waals surface area contributed by atoms with E-state index in [4.69, 9.17) is 4.42 Å². The van der Waals surface area contributed by atoms with E-state index in [2.05, 4.69) is 16.9 Å². The summed E-state index contributed by atoms with van der Waals surface area (Å²) >= 11 is 1.73. The fourth-order valence-electron chi connectivity index (χ4n) is 2.58. The van der Waals surface area contributed by atoms with E-state index in [1.165, 1.54) is 4.88 Å². The number of amides is 1. The maximum Gasteiger partial charge on any atom is 0.287 e. The van der Waals surface area contributed by atoms with Crippen molar-refractivity contribution in [1.82, 2.24) is 10.3 Å². The molecule has 0 unspecified atom stereocenters. The second-order valence-corrected chi connectivity index (χ2v) is 6.15. The van der Waals surface area contributed by atoms with Crippen LogP contribution in [0, 0.1) is 13.8 Å². The molecule has 5 heteroatoms. The number of fused-ring (bicyclic) bond motifs is 3. The van der Waals surface area contributed by atoms with Crippen LogP contribution in [0.25, 0.3) is 11.3 Å². The average molecular weight is 288 g/mol. The SMILES string of the molecule is C=CCNC(=O)c1oc2c(c1C)-c1nc(C)sc1CC2. The molecule has 2 heterocycles. The Bertz CT molecular complexity index is 697. The van der Waals surface area contributed by atoms with Gasteiger partial charge in [-0.3, -0.25) is 4.79 Å². The van der Waals surface area contributed by atoms with E-state index >= 15 is 0 Å². The predicted molar refractivity (Wildman–Crippen MR) is 79.2 cm³/mol. The third-order valence-electron chi connectivity index (χ3n) is 3.45. The van der Waals surface area contributed by atoms with Gasteiger partial charge in [-0.25, -0.2) is 4.98 Å². The van der Waals surface area contributed by atoms with E-state index in [-0.39, 0.29) is 5.91 Å². The zero-order chi connectivity index (χ0) is 14.3. The number of nitrogens with one attached hydrogen (secondary N) is 1. The number of hydrogen-bond donors (Lipinski definition) is 1. The number of rotatable bonds is 3. The molecule has 20 heavy (non-hydrogen) atoms. The van der Waals surface area contributed by atoms with Crippen molar-refractivity contribution in [3.05, 3.63) is 39.6 Å². The first-order valence-corrected chi connectivity index (χ1v) is 7.41. The van der Waals surface area contributed by atoms with Crippen molar-refractivity contribution < 1.29 is 9.21 Å². The Morgan fingerprint density at radius 2 is 2.30 bits per heavy atom. The van der Waals surface area contributed by atoms with Crippen molar-refractivity contribution in [3.63, 3.8) is 0 Å². The van der Waals surface area contributed by atoms with Crippen molar-refractivity contribution >= 4 is 17.2 Å². The molecule has 0 aromatic carbocycles. The predicted octanol–water partition coefficient (Wildman–Crippen LogP) is 3.03. The minimum atomic E-state index is -0.190. The molecule has 3 rings (SSSR count). The van der Waals surface area contributed by atoms with Gasteiger partial charge in [-0.2, -0.15) is 0 Å². The Hall–Kier alpha value is -1.88. The highest BCUT2D eigenvalue weighted by atomic mass is 32.1. The van der Waals surface area contributed by atoms with E-state index in [0.717, 1.165) is 40.4 Å². The summed E-state index contributed by atoms with van der Waals surface area (Å²) < 4.78 is 5.78. The summed E-state index contributed by atoms with van der Waals surface area (Å²) in [5.41, 5.74) is 2.89. The molecule has 4 nitrogen and oxygen atoms in total. The van der Waals surface area contributed by atoms with Crippen molar-refractivity contribution in [3.8, 4) is 11.3 Å². The van der Waals surface area contributed by atoms with E-state index in [0.29, 0.717) is 12.3 Å². The van der Waals surface area contributed by atoms with Gasteiger partial charge in [0.15, 0.2) is 5.76 Å². The first-order valence-electron chi connectivity index (χ1n) is 6.59. The largest absolute Gasteiger partial charge is 0.455 e. The number of carbonyl (C=O) groups excluding carboxylic acids is 1. The molecule has 0 radical (unpaired) electrons. The third-order valence-corrected chi connectivity index (χ3v) is 4.48. The summed E-state index contributed by atoms with van der Waals surface area (Å²) in [5, 5.41) is 3.82. The first-order chi connectivity index (χ1) is 9.61. The van der Waals surface area contributed by atoms with Crippen LogP contribution in [0.5, 0.6) is 0 Å². The Labute approximate surface area is 121 Å². The van der Waals surface area contributed by atoms with Gasteiger partial charge in [0.1, 0.15) is 5.76 Å². The van der Waals surface area contributed by atoms with Gasteiger partial charge in [0.05, 0.1) is 10.7 Å². The molecular weight excluding hydrogens is 272 g/mol. The van der Waals surface area contributed by atoms with Gasteiger partial charge in [-0.1, -0.05) is 6.08 Å². The zero-order valence-electron chi connectivity index (χ0n) is 11.6. The number of thiazole rings is 1. The van der Waals surface area contributed by atoms with E-state index in [1.54, 1.807) is 17.4 Å². The molecule has 1 amide bonds. The standard InChI is InChI=1S/C15H16N2O2S/c1-4-7-16-15(18)14-8(2)12-10(19-14)5-6-11-13(12)17-9(3)20-11/h4H,1,5-7H2,2-3H3,(H,16,18). The van der Waals surface area contributed by atoms with Gasteiger partial charge >= 0.3 is 0 Å². The highest BCUT2D eigenvalue weighted by Gasteiger charge is 2.29. The summed E-state index contributed by atoms with van der Waals surface area (Å²) in [6, 6.07) is 0. The van der Waals surface area contributed by atoms with Crippen LogP contribution >= 0.6 is 11.3 Å². The van der Waals surface area contributed by atoms with Crippen LogP contribution in [0.15, 0.2) is 17.1 Å². The molecule has 0 bridgehead atoms. The topological polar surface area (TPSA) is 55.1 Å². The highest BCUT2D eigenvalue weighted by Crippen LogP contribution is 2.40. The summed E-state index contributed by atoms with van der Waals surface area (Å²) in [6.07, 6.45) is 3.42. The summed E-state index contributed by atoms with van der Waals surface area (Å²) in [5.74, 6) is 1.09. The monoisotopic (exact) mass is 288 g/mol. The molecule has 2 aromatic rings. The lowest BCUT2D eigenvalue weighted by Gasteiger charge is -2.09. The second-order valence-electron chi connectivity index (χ2n) is 4.86. The molecule has 2 aromatic heterocycles. The van der Waals surface area contributed by atoms with Crippen LogP contribution in [0.4, 0.5) is 0 Å². The first kappa shape index (κ1) is 13.1. The molecule has 1 aliphatic rings. The van der Waals surface area contributed by atoms with Crippen LogP contribution < -0.4 is 5.32 Å². The minimum absolute atomic E-state index is 0.190. The summed E-state index contributed by atoms with van der Waals surface area (Å²) in [4.78, 5) is 18.0. The molecule has 0 fully saturated rings. The molecule has 0 spiro atoms. The van der Waals surface area contributed by atoms with Gasteiger partial charge in [-0.15, -0.1) is 17.9 Å². The molecule has 104 valence electrons. The van der Waals surface area contributed by atoms with Crippen molar-refractivity contribution in [1.29, 1.82) is 0 Å². The Morgan fingerprint density at radius 1 is 1.50 bits per heavy atom. The van der Waals surface area contributed by atoms with E-state index < -0.39 is 0 Å². The van der Waals surface area contributed by atoms with Gasteiger partial charge in [-0.05, 0) is 20.3 Å². The fraction of sp³-hybridized carbons (Fsp3) is 0.333. The van der Waals surface area contributed by atoms with Gasteiger partial charge in [0.25, 0.3) is 5.91 Å². The zero-order valence-corrected chi connectivity index (χ0v) is 12.4. The summed E-state index contributed by atoms with van der Waals surface area (Å²) in [6.45, 7) is 7.96. The van der Waals surface area contributed by atoms with Crippen molar-refractivity contribution in [2.24, 2.45) is 0 Å². The fourth-order valence-corrected chi connectivity index (χ4v) is 3.52. The number of aromatic nitrogens is 1. The van der Waals surface area contributed by atoms with Crippen LogP contribution in [0.1, 0.15) is 31.8 Å². The number of furan rings is 1. The van der Waals surface area contributed by atoms with Crippen LogP contribution in [0.2, 0.25) is 0 Å². The molecular formula is C15H16N2O2S. The average Bonchev–Trinajstić information content (AvgIpc) is 2.95. The van der Waals surface area contributed by atoms with Crippen LogP contribution in [0.3, 0.4) is 0 Å². The number of nitrogens with zero attached hydrogens (tertiary/aromatic N) is 1. The smallest absolute Gasteiger partial charge is 0.287 e. The number of aryl methyl sites for hydroxylation is 3.